The first-order valence-electron chi connectivity index (χ1n) is 7.08. The Hall–Kier alpha value is -1.87. The zero-order chi connectivity index (χ0) is 15.2. The summed E-state index contributed by atoms with van der Waals surface area (Å²) < 4.78 is 0. The van der Waals surface area contributed by atoms with E-state index in [0.717, 1.165) is 33.3 Å². The van der Waals surface area contributed by atoms with E-state index in [-0.39, 0.29) is 5.41 Å². The highest BCUT2D eigenvalue weighted by Gasteiger charge is 2.18. The maximum absolute atomic E-state index is 11.6. The molecule has 0 amide bonds. The lowest BCUT2D eigenvalue weighted by atomic mass is 9.86. The molecule has 0 spiro atoms. The van der Waals surface area contributed by atoms with Gasteiger partial charge in [-0.05, 0) is 42.2 Å². The number of nitrogens with one attached hydrogen (secondary N) is 1. The summed E-state index contributed by atoms with van der Waals surface area (Å²) in [6.45, 7) is 8.63. The fourth-order valence-corrected chi connectivity index (χ4v) is 3.45. The molecule has 0 fully saturated rings. The number of rotatable bonds is 2. The molecule has 3 rings (SSSR count). The molecule has 0 atom stereocenters. The van der Waals surface area contributed by atoms with E-state index in [4.69, 9.17) is 0 Å². The number of fused-ring (bicyclic) bond motifs is 1. The van der Waals surface area contributed by atoms with Crippen LogP contribution >= 0.6 is 11.3 Å². The number of thiophene rings is 1. The van der Waals surface area contributed by atoms with Gasteiger partial charge in [-0.1, -0.05) is 26.8 Å². The third-order valence-electron chi connectivity index (χ3n) is 3.81. The third kappa shape index (κ3) is 2.42. The van der Waals surface area contributed by atoms with Crippen LogP contribution in [0.15, 0.2) is 30.3 Å². The number of aldehydes is 1. The number of aryl methyl sites for hydroxylation is 1. The molecule has 0 aliphatic carbocycles. The number of H-pyrrole nitrogens is 1. The third-order valence-corrected chi connectivity index (χ3v) is 4.83. The van der Waals surface area contributed by atoms with Crippen LogP contribution in [0, 0.1) is 6.92 Å². The van der Waals surface area contributed by atoms with Crippen molar-refractivity contribution in [3.8, 4) is 10.6 Å². The molecule has 0 aliphatic rings. The Labute approximate surface area is 128 Å². The van der Waals surface area contributed by atoms with E-state index in [9.17, 15) is 4.79 Å². The number of carbonyl (C=O) groups excluding carboxylic acids is 1. The van der Waals surface area contributed by atoms with Crippen LogP contribution in [0.25, 0.3) is 21.5 Å². The van der Waals surface area contributed by atoms with Crippen molar-refractivity contribution in [3.63, 3.8) is 0 Å². The smallest absolute Gasteiger partial charge is 0.152 e. The highest BCUT2D eigenvalue weighted by atomic mass is 32.1. The van der Waals surface area contributed by atoms with Gasteiger partial charge in [-0.25, -0.2) is 0 Å². The average molecular weight is 297 g/mol. The minimum absolute atomic E-state index is 0.0747. The number of hydrogen-bond donors (Lipinski definition) is 1. The lowest BCUT2D eigenvalue weighted by Gasteiger charge is -2.18. The predicted molar refractivity (Wildman–Crippen MR) is 90.4 cm³/mol. The maximum atomic E-state index is 11.6. The summed E-state index contributed by atoms with van der Waals surface area (Å²) in [7, 11) is 0. The molecular weight excluding hydrogens is 278 g/mol. The van der Waals surface area contributed by atoms with Crippen LogP contribution in [0.3, 0.4) is 0 Å². The number of benzene rings is 1. The molecule has 0 aliphatic heterocycles. The van der Waals surface area contributed by atoms with Gasteiger partial charge in [0, 0.05) is 21.3 Å². The van der Waals surface area contributed by atoms with Gasteiger partial charge in [-0.15, -0.1) is 11.3 Å². The SMILES string of the molecule is Cc1ccc(-c2[nH]c3ccc(C(C)(C)C)cc3c2C=O)s1. The van der Waals surface area contributed by atoms with Crippen LogP contribution in [0.4, 0.5) is 0 Å². The molecule has 0 unspecified atom stereocenters. The van der Waals surface area contributed by atoms with Gasteiger partial charge in [0.25, 0.3) is 0 Å². The van der Waals surface area contributed by atoms with Gasteiger partial charge in [0.1, 0.15) is 0 Å². The number of aromatic amines is 1. The summed E-state index contributed by atoms with van der Waals surface area (Å²) in [4.78, 5) is 17.4. The van der Waals surface area contributed by atoms with E-state index in [1.54, 1.807) is 11.3 Å². The second-order valence-corrected chi connectivity index (χ2v) is 7.74. The molecule has 2 nitrogen and oxygen atoms in total. The van der Waals surface area contributed by atoms with Gasteiger partial charge in [0.2, 0.25) is 0 Å². The molecule has 0 saturated heterocycles. The van der Waals surface area contributed by atoms with Crippen LogP contribution in [-0.4, -0.2) is 11.3 Å². The zero-order valence-electron chi connectivity index (χ0n) is 12.8. The molecule has 2 heterocycles. The summed E-state index contributed by atoms with van der Waals surface area (Å²) >= 11 is 1.71. The highest BCUT2D eigenvalue weighted by molar-refractivity contribution is 7.15. The van der Waals surface area contributed by atoms with Crippen LogP contribution in [0.2, 0.25) is 0 Å². The van der Waals surface area contributed by atoms with Crippen LogP contribution in [-0.2, 0) is 5.41 Å². The normalized spacial score (nSPS) is 12.0. The first-order valence-corrected chi connectivity index (χ1v) is 7.90. The second kappa shape index (κ2) is 4.85. The summed E-state index contributed by atoms with van der Waals surface area (Å²) in [6.07, 6.45) is 0.968. The van der Waals surface area contributed by atoms with E-state index < -0.39 is 0 Å². The Morgan fingerprint density at radius 2 is 1.90 bits per heavy atom. The largest absolute Gasteiger partial charge is 0.353 e. The molecule has 0 radical (unpaired) electrons. The predicted octanol–water partition coefficient (Wildman–Crippen LogP) is 5.31. The van der Waals surface area contributed by atoms with Crippen LogP contribution in [0.1, 0.15) is 41.6 Å². The summed E-state index contributed by atoms with van der Waals surface area (Å²) in [5.41, 5.74) is 4.03. The number of hydrogen-bond acceptors (Lipinski definition) is 2. The fourth-order valence-electron chi connectivity index (χ4n) is 2.56. The van der Waals surface area contributed by atoms with Crippen molar-refractivity contribution in [2.75, 3.05) is 0 Å². The minimum Gasteiger partial charge on any atom is -0.353 e. The van der Waals surface area contributed by atoms with Crippen molar-refractivity contribution in [2.24, 2.45) is 0 Å². The Morgan fingerprint density at radius 1 is 1.14 bits per heavy atom. The van der Waals surface area contributed by atoms with Crippen molar-refractivity contribution >= 4 is 28.5 Å². The molecule has 108 valence electrons. The summed E-state index contributed by atoms with van der Waals surface area (Å²) in [5.74, 6) is 0. The average Bonchev–Trinajstić information content (AvgIpc) is 2.99. The molecule has 2 aromatic heterocycles. The monoisotopic (exact) mass is 297 g/mol. The second-order valence-electron chi connectivity index (χ2n) is 6.45. The van der Waals surface area contributed by atoms with Crippen molar-refractivity contribution in [1.29, 1.82) is 0 Å². The molecule has 21 heavy (non-hydrogen) atoms. The molecule has 1 N–H and O–H groups in total. The van der Waals surface area contributed by atoms with E-state index in [0.29, 0.717) is 0 Å². The molecule has 3 heteroatoms. The zero-order valence-corrected chi connectivity index (χ0v) is 13.6. The standard InChI is InChI=1S/C18H19NOS/c1-11-5-8-16(21-11)17-14(10-20)13-9-12(18(2,3)4)6-7-15(13)19-17/h5-10,19H,1-4H3. The molecule has 1 aromatic carbocycles. The molecule has 0 bridgehead atoms. The van der Waals surface area contributed by atoms with Gasteiger partial charge in [0.15, 0.2) is 6.29 Å². The minimum atomic E-state index is 0.0747. The van der Waals surface area contributed by atoms with Crippen molar-refractivity contribution in [3.05, 3.63) is 46.3 Å². The molecular formula is C18H19NOS. The van der Waals surface area contributed by atoms with E-state index >= 15 is 0 Å². The van der Waals surface area contributed by atoms with E-state index in [2.05, 4.69) is 63.0 Å². The Kier molecular flexibility index (Phi) is 3.25. The van der Waals surface area contributed by atoms with Gasteiger partial charge >= 0.3 is 0 Å². The number of carbonyl (C=O) groups is 1. The number of aromatic nitrogens is 1. The summed E-state index contributed by atoms with van der Waals surface area (Å²) in [6, 6.07) is 10.5. The molecule has 0 saturated carbocycles. The Balaban J connectivity index is 2.26. The van der Waals surface area contributed by atoms with Gasteiger partial charge in [-0.2, -0.15) is 0 Å². The fraction of sp³-hybridized carbons (Fsp3) is 0.278. The van der Waals surface area contributed by atoms with Crippen molar-refractivity contribution in [1.82, 2.24) is 4.98 Å². The van der Waals surface area contributed by atoms with Crippen molar-refractivity contribution in [2.45, 2.75) is 33.1 Å². The van der Waals surface area contributed by atoms with Gasteiger partial charge < -0.3 is 4.98 Å². The topological polar surface area (TPSA) is 32.9 Å². The van der Waals surface area contributed by atoms with E-state index in [1.165, 1.54) is 10.4 Å². The van der Waals surface area contributed by atoms with Crippen LogP contribution in [0.5, 0.6) is 0 Å². The summed E-state index contributed by atoms with van der Waals surface area (Å²) in [5, 5.41) is 1.01. The lowest BCUT2D eigenvalue weighted by molar-refractivity contribution is 0.112. The lowest BCUT2D eigenvalue weighted by Crippen LogP contribution is -2.10. The van der Waals surface area contributed by atoms with Crippen molar-refractivity contribution < 1.29 is 4.79 Å². The Morgan fingerprint density at radius 3 is 2.48 bits per heavy atom. The first-order chi connectivity index (χ1) is 9.90. The van der Waals surface area contributed by atoms with E-state index in [1.807, 2.05) is 0 Å². The first kappa shape index (κ1) is 14.1. The highest BCUT2D eigenvalue weighted by Crippen LogP contribution is 2.35. The van der Waals surface area contributed by atoms with Gasteiger partial charge in [-0.3, -0.25) is 4.79 Å². The maximum Gasteiger partial charge on any atom is 0.152 e. The molecule has 3 aromatic rings. The quantitative estimate of drug-likeness (QED) is 0.638. The van der Waals surface area contributed by atoms with Gasteiger partial charge in [0.05, 0.1) is 10.6 Å². The van der Waals surface area contributed by atoms with Crippen LogP contribution < -0.4 is 0 Å². The Bertz CT molecular complexity index is 817.